The van der Waals surface area contributed by atoms with Gasteiger partial charge in [-0.05, 0) is 37.5 Å². The number of carbonyl (C=O) groups is 1. The first-order valence-electron chi connectivity index (χ1n) is 9.16. The molecule has 1 N–H and O–H groups in total. The maximum absolute atomic E-state index is 12.6. The summed E-state index contributed by atoms with van der Waals surface area (Å²) in [5, 5.41) is 4.24. The van der Waals surface area contributed by atoms with E-state index in [9.17, 15) is 4.79 Å². The van der Waals surface area contributed by atoms with Crippen molar-refractivity contribution in [3.8, 4) is 0 Å². The molecule has 1 aromatic heterocycles. The molecule has 0 saturated carbocycles. The Hall–Kier alpha value is -2.40. The third-order valence-electron chi connectivity index (χ3n) is 5.08. The Labute approximate surface area is 157 Å². The molecule has 4 rings (SSSR count). The van der Waals surface area contributed by atoms with Gasteiger partial charge in [0, 0.05) is 19.0 Å². The topological polar surface area (TPSA) is 45.2 Å². The van der Waals surface area contributed by atoms with E-state index < -0.39 is 0 Å². The maximum atomic E-state index is 12.6. The maximum Gasteiger partial charge on any atom is 0.223 e. The number of benzene rings is 2. The van der Waals surface area contributed by atoms with E-state index in [2.05, 4.69) is 40.5 Å². The number of anilines is 1. The minimum atomic E-state index is 0.0472. The zero-order valence-electron chi connectivity index (χ0n) is 14.9. The van der Waals surface area contributed by atoms with Gasteiger partial charge < -0.3 is 10.2 Å². The molecular weight excluding hydrogens is 342 g/mol. The first-order valence-corrected chi connectivity index (χ1v) is 9.98. The SMILES string of the molecule is CC(NC(=O)C1CCN(c2nc3ccccc3s2)CC1)c1ccccc1. The summed E-state index contributed by atoms with van der Waals surface area (Å²) in [6.45, 7) is 3.82. The Balaban J connectivity index is 1.35. The molecule has 0 spiro atoms. The minimum Gasteiger partial charge on any atom is -0.349 e. The Kier molecular flexibility index (Phi) is 4.89. The van der Waals surface area contributed by atoms with E-state index in [-0.39, 0.29) is 17.9 Å². The second-order valence-electron chi connectivity index (χ2n) is 6.87. The number of amides is 1. The summed E-state index contributed by atoms with van der Waals surface area (Å²) in [5.74, 6) is 0.261. The third-order valence-corrected chi connectivity index (χ3v) is 6.17. The van der Waals surface area contributed by atoms with E-state index in [0.717, 1.165) is 42.1 Å². The standard InChI is InChI=1S/C21H23N3OS/c1-15(16-7-3-2-4-8-16)22-20(25)17-11-13-24(14-12-17)21-23-18-9-5-6-10-19(18)26-21/h2-10,15,17H,11-14H2,1H3,(H,22,25). The Morgan fingerprint density at radius 3 is 2.54 bits per heavy atom. The zero-order valence-corrected chi connectivity index (χ0v) is 15.7. The molecular formula is C21H23N3OS. The van der Waals surface area contributed by atoms with Crippen molar-refractivity contribution in [1.29, 1.82) is 0 Å². The summed E-state index contributed by atoms with van der Waals surface area (Å²) in [4.78, 5) is 19.7. The molecule has 0 bridgehead atoms. The molecule has 1 atom stereocenters. The number of rotatable bonds is 4. The van der Waals surface area contributed by atoms with Gasteiger partial charge in [0.25, 0.3) is 0 Å². The number of piperidine rings is 1. The number of para-hydroxylation sites is 1. The molecule has 1 fully saturated rings. The van der Waals surface area contributed by atoms with E-state index in [0.29, 0.717) is 0 Å². The van der Waals surface area contributed by atoms with E-state index in [1.165, 1.54) is 4.70 Å². The van der Waals surface area contributed by atoms with Gasteiger partial charge in [-0.1, -0.05) is 53.8 Å². The van der Waals surface area contributed by atoms with Gasteiger partial charge >= 0.3 is 0 Å². The van der Waals surface area contributed by atoms with Crippen LogP contribution in [0.15, 0.2) is 54.6 Å². The number of carbonyl (C=O) groups excluding carboxylic acids is 1. The van der Waals surface area contributed by atoms with Crippen molar-refractivity contribution >= 4 is 32.6 Å². The van der Waals surface area contributed by atoms with E-state index in [4.69, 9.17) is 4.98 Å². The number of thiazole rings is 1. The average molecular weight is 366 g/mol. The highest BCUT2D eigenvalue weighted by Gasteiger charge is 2.27. The number of fused-ring (bicyclic) bond motifs is 1. The molecule has 134 valence electrons. The molecule has 2 aromatic carbocycles. The average Bonchev–Trinajstić information content (AvgIpc) is 3.13. The summed E-state index contributed by atoms with van der Waals surface area (Å²) >= 11 is 1.74. The first-order chi connectivity index (χ1) is 12.7. The fourth-order valence-corrected chi connectivity index (χ4v) is 4.50. The van der Waals surface area contributed by atoms with Crippen molar-refractivity contribution in [2.24, 2.45) is 5.92 Å². The minimum absolute atomic E-state index is 0.0472. The molecule has 3 aromatic rings. The number of nitrogens with zero attached hydrogens (tertiary/aromatic N) is 2. The van der Waals surface area contributed by atoms with Crippen molar-refractivity contribution in [2.75, 3.05) is 18.0 Å². The van der Waals surface area contributed by atoms with Crippen LogP contribution in [0.3, 0.4) is 0 Å². The van der Waals surface area contributed by atoms with Crippen LogP contribution in [0, 0.1) is 5.92 Å². The number of nitrogens with one attached hydrogen (secondary N) is 1. The molecule has 1 aliphatic heterocycles. The largest absolute Gasteiger partial charge is 0.349 e. The van der Waals surface area contributed by atoms with Crippen molar-refractivity contribution in [3.63, 3.8) is 0 Å². The second-order valence-corrected chi connectivity index (χ2v) is 7.88. The van der Waals surface area contributed by atoms with Crippen LogP contribution in [-0.4, -0.2) is 24.0 Å². The van der Waals surface area contributed by atoms with Gasteiger partial charge in [-0.15, -0.1) is 0 Å². The summed E-state index contributed by atoms with van der Waals surface area (Å²) in [6.07, 6.45) is 1.76. The molecule has 1 unspecified atom stereocenters. The molecule has 2 heterocycles. The number of hydrogen-bond donors (Lipinski definition) is 1. The molecule has 4 nitrogen and oxygen atoms in total. The van der Waals surface area contributed by atoms with Crippen LogP contribution in [0.25, 0.3) is 10.2 Å². The lowest BCUT2D eigenvalue weighted by Crippen LogP contribution is -2.41. The Morgan fingerprint density at radius 2 is 1.81 bits per heavy atom. The number of hydrogen-bond acceptors (Lipinski definition) is 4. The zero-order chi connectivity index (χ0) is 17.9. The highest BCUT2D eigenvalue weighted by Crippen LogP contribution is 2.31. The van der Waals surface area contributed by atoms with E-state index >= 15 is 0 Å². The molecule has 1 amide bonds. The molecule has 0 radical (unpaired) electrons. The van der Waals surface area contributed by atoms with Crippen molar-refractivity contribution in [1.82, 2.24) is 10.3 Å². The number of aromatic nitrogens is 1. The highest BCUT2D eigenvalue weighted by atomic mass is 32.1. The molecule has 26 heavy (non-hydrogen) atoms. The second kappa shape index (κ2) is 7.46. The predicted octanol–water partition coefficient (Wildman–Crippen LogP) is 4.39. The normalized spacial score (nSPS) is 16.6. The first kappa shape index (κ1) is 17.0. The van der Waals surface area contributed by atoms with Crippen LogP contribution >= 0.6 is 11.3 Å². The summed E-state index contributed by atoms with van der Waals surface area (Å²) in [5.41, 5.74) is 2.21. The van der Waals surface area contributed by atoms with Crippen molar-refractivity contribution in [3.05, 3.63) is 60.2 Å². The monoisotopic (exact) mass is 365 g/mol. The van der Waals surface area contributed by atoms with E-state index in [1.807, 2.05) is 31.2 Å². The van der Waals surface area contributed by atoms with Gasteiger partial charge in [-0.3, -0.25) is 4.79 Å². The van der Waals surface area contributed by atoms with Crippen LogP contribution in [0.5, 0.6) is 0 Å². The van der Waals surface area contributed by atoms with Crippen molar-refractivity contribution < 1.29 is 4.79 Å². The summed E-state index contributed by atoms with van der Waals surface area (Å²) in [6, 6.07) is 18.4. The molecule has 1 saturated heterocycles. The molecule has 5 heteroatoms. The van der Waals surface area contributed by atoms with Crippen LogP contribution in [0.4, 0.5) is 5.13 Å². The van der Waals surface area contributed by atoms with Crippen LogP contribution in [0.1, 0.15) is 31.4 Å². The molecule has 0 aliphatic carbocycles. The Bertz CT molecular complexity index is 851. The lowest BCUT2D eigenvalue weighted by Gasteiger charge is -2.31. The van der Waals surface area contributed by atoms with Gasteiger partial charge in [0.2, 0.25) is 5.91 Å². The highest BCUT2D eigenvalue weighted by molar-refractivity contribution is 7.22. The van der Waals surface area contributed by atoms with Crippen LogP contribution in [0.2, 0.25) is 0 Å². The smallest absolute Gasteiger partial charge is 0.223 e. The van der Waals surface area contributed by atoms with Crippen LogP contribution < -0.4 is 10.2 Å². The quantitative estimate of drug-likeness (QED) is 0.746. The summed E-state index contributed by atoms with van der Waals surface area (Å²) in [7, 11) is 0. The third kappa shape index (κ3) is 3.58. The van der Waals surface area contributed by atoms with Gasteiger partial charge in [0.15, 0.2) is 5.13 Å². The lowest BCUT2D eigenvalue weighted by atomic mass is 9.95. The summed E-state index contributed by atoms with van der Waals surface area (Å²) < 4.78 is 1.22. The van der Waals surface area contributed by atoms with Gasteiger partial charge in [0.05, 0.1) is 16.3 Å². The fourth-order valence-electron chi connectivity index (χ4n) is 3.48. The molecule has 1 aliphatic rings. The van der Waals surface area contributed by atoms with Crippen molar-refractivity contribution in [2.45, 2.75) is 25.8 Å². The Morgan fingerprint density at radius 1 is 1.12 bits per heavy atom. The fraction of sp³-hybridized carbons (Fsp3) is 0.333. The lowest BCUT2D eigenvalue weighted by molar-refractivity contribution is -0.126. The predicted molar refractivity (Wildman–Crippen MR) is 108 cm³/mol. The van der Waals surface area contributed by atoms with Gasteiger partial charge in [0.1, 0.15) is 0 Å². The van der Waals surface area contributed by atoms with E-state index in [1.54, 1.807) is 11.3 Å². The van der Waals surface area contributed by atoms with Gasteiger partial charge in [-0.25, -0.2) is 4.98 Å². The van der Waals surface area contributed by atoms with Gasteiger partial charge in [-0.2, -0.15) is 0 Å². The van der Waals surface area contributed by atoms with Crippen LogP contribution in [-0.2, 0) is 4.79 Å².